The lowest BCUT2D eigenvalue weighted by Crippen LogP contribution is -2.04. The molecular formula is C23H30Cl2NOS2+. The van der Waals surface area contributed by atoms with Crippen molar-refractivity contribution in [2.75, 3.05) is 5.32 Å². The molecule has 2 aromatic carbocycles. The van der Waals surface area contributed by atoms with Gasteiger partial charge in [-0.1, -0.05) is 57.8 Å². The summed E-state index contributed by atoms with van der Waals surface area (Å²) < 4.78 is 6.88. The molecule has 1 aliphatic rings. The predicted octanol–water partition coefficient (Wildman–Crippen LogP) is 8.23. The van der Waals surface area contributed by atoms with Crippen LogP contribution in [0.4, 0.5) is 5.69 Å². The minimum Gasteiger partial charge on any atom is -0.439 e. The number of hydrogen-bond acceptors (Lipinski definition) is 3. The molecule has 0 spiro atoms. The van der Waals surface area contributed by atoms with Crippen molar-refractivity contribution in [3.05, 3.63) is 64.0 Å². The van der Waals surface area contributed by atoms with Crippen LogP contribution in [0, 0.1) is 12.8 Å². The maximum Gasteiger partial charge on any atom is 0.237 e. The summed E-state index contributed by atoms with van der Waals surface area (Å²) in [6.45, 7) is 12.1. The van der Waals surface area contributed by atoms with E-state index in [1.807, 2.05) is 71.0 Å². The molecule has 0 saturated carbocycles. The van der Waals surface area contributed by atoms with Gasteiger partial charge in [0, 0.05) is 27.4 Å². The fraction of sp³-hybridized carbons (Fsp3) is 0.348. The summed E-state index contributed by atoms with van der Waals surface area (Å²) in [5.74, 6) is 1.78. The molecule has 0 fully saturated rings. The minimum absolute atomic E-state index is 0.278. The maximum absolute atomic E-state index is 6.15. The number of allylic oxidation sites excluding steroid dienone is 1. The third-order valence-corrected chi connectivity index (χ3v) is 5.75. The van der Waals surface area contributed by atoms with Gasteiger partial charge in [0.05, 0.1) is 5.69 Å². The summed E-state index contributed by atoms with van der Waals surface area (Å²) in [5.41, 5.74) is 1.97. The SMILES string of the molecule is CC.CC.Cc1cc2c(cc1Cl)OC(=CC(C)CC(=[SH+])Sc1ccc(Cl)cc1)N2. The Balaban J connectivity index is 0.000000989. The van der Waals surface area contributed by atoms with Crippen LogP contribution < -0.4 is 10.1 Å². The maximum atomic E-state index is 6.15. The molecule has 0 bridgehead atoms. The van der Waals surface area contributed by atoms with Crippen molar-refractivity contribution >= 4 is 57.1 Å². The Morgan fingerprint density at radius 3 is 2.38 bits per heavy atom. The zero-order chi connectivity index (χ0) is 22.0. The zero-order valence-electron chi connectivity index (χ0n) is 17.8. The summed E-state index contributed by atoms with van der Waals surface area (Å²) in [5, 5.41) is 4.73. The molecule has 2 nitrogen and oxygen atoms in total. The van der Waals surface area contributed by atoms with E-state index in [-0.39, 0.29) is 5.92 Å². The zero-order valence-corrected chi connectivity index (χ0v) is 21.1. The Hall–Kier alpha value is -1.20. The van der Waals surface area contributed by atoms with Crippen molar-refractivity contribution < 1.29 is 4.74 Å². The lowest BCUT2D eigenvalue weighted by atomic mass is 10.1. The number of thiol groups is 1. The highest BCUT2D eigenvalue weighted by atomic mass is 35.5. The molecule has 2 aromatic rings. The number of thioether (sulfide) groups is 1. The van der Waals surface area contributed by atoms with Crippen LogP contribution in [0.3, 0.4) is 0 Å². The normalized spacial score (nSPS) is 13.7. The molecule has 158 valence electrons. The van der Waals surface area contributed by atoms with E-state index < -0.39 is 0 Å². The average molecular weight is 472 g/mol. The highest BCUT2D eigenvalue weighted by molar-refractivity contribution is 8.20. The van der Waals surface area contributed by atoms with E-state index in [2.05, 4.69) is 30.5 Å². The van der Waals surface area contributed by atoms with Crippen LogP contribution >= 0.6 is 35.0 Å². The molecule has 1 atom stereocenters. The Morgan fingerprint density at radius 2 is 1.76 bits per heavy atom. The van der Waals surface area contributed by atoms with Gasteiger partial charge in [0.1, 0.15) is 0 Å². The Labute approximate surface area is 195 Å². The second kappa shape index (κ2) is 13.2. The molecule has 0 aliphatic carbocycles. The summed E-state index contributed by atoms with van der Waals surface area (Å²) in [7, 11) is 0. The number of ether oxygens (including phenoxy) is 1. The summed E-state index contributed by atoms with van der Waals surface area (Å²) in [4.78, 5) is 1.13. The highest BCUT2D eigenvalue weighted by Crippen LogP contribution is 2.38. The van der Waals surface area contributed by atoms with Crippen molar-refractivity contribution in [1.29, 1.82) is 0 Å². The van der Waals surface area contributed by atoms with Gasteiger partial charge in [0.2, 0.25) is 4.20 Å². The lowest BCUT2D eigenvalue weighted by Gasteiger charge is -2.06. The Morgan fingerprint density at radius 1 is 1.14 bits per heavy atom. The van der Waals surface area contributed by atoms with Crippen LogP contribution in [-0.4, -0.2) is 4.20 Å². The van der Waals surface area contributed by atoms with Gasteiger partial charge in [-0.15, -0.1) is 0 Å². The molecule has 1 N–H and O–H groups in total. The van der Waals surface area contributed by atoms with Crippen LogP contribution in [0.1, 0.15) is 46.6 Å². The number of halogens is 2. The molecule has 29 heavy (non-hydrogen) atoms. The molecule has 0 amide bonds. The molecule has 1 heterocycles. The molecule has 1 unspecified atom stereocenters. The van der Waals surface area contributed by atoms with Gasteiger partial charge in [-0.2, -0.15) is 0 Å². The summed E-state index contributed by atoms with van der Waals surface area (Å²) in [6, 6.07) is 11.6. The van der Waals surface area contributed by atoms with E-state index >= 15 is 0 Å². The molecule has 0 saturated heterocycles. The van der Waals surface area contributed by atoms with Crippen LogP contribution in [0.5, 0.6) is 5.75 Å². The van der Waals surface area contributed by atoms with E-state index in [1.54, 1.807) is 11.8 Å². The second-order valence-corrected chi connectivity index (χ2v) is 8.84. The van der Waals surface area contributed by atoms with Crippen molar-refractivity contribution in [1.82, 2.24) is 0 Å². The van der Waals surface area contributed by atoms with Crippen molar-refractivity contribution in [2.24, 2.45) is 5.92 Å². The van der Waals surface area contributed by atoms with Gasteiger partial charge >= 0.3 is 0 Å². The fourth-order valence-corrected chi connectivity index (χ4v) is 4.25. The smallest absolute Gasteiger partial charge is 0.237 e. The van der Waals surface area contributed by atoms with Crippen LogP contribution in [0.25, 0.3) is 0 Å². The van der Waals surface area contributed by atoms with Gasteiger partial charge in [-0.25, -0.2) is 0 Å². The lowest BCUT2D eigenvalue weighted by molar-refractivity contribution is 0.449. The number of benzene rings is 2. The van der Waals surface area contributed by atoms with Gasteiger partial charge < -0.3 is 10.1 Å². The molecule has 6 heteroatoms. The number of rotatable bonds is 4. The van der Waals surface area contributed by atoms with Crippen LogP contribution in [0.2, 0.25) is 10.0 Å². The third-order valence-electron chi connectivity index (χ3n) is 3.72. The van der Waals surface area contributed by atoms with Crippen LogP contribution in [0.15, 0.2) is 53.3 Å². The summed E-state index contributed by atoms with van der Waals surface area (Å²) in [6.07, 6.45) is 2.91. The molecular weight excluding hydrogens is 441 g/mol. The van der Waals surface area contributed by atoms with Gasteiger partial charge in [-0.3, -0.25) is 0 Å². The van der Waals surface area contributed by atoms with Gasteiger partial charge in [0.25, 0.3) is 0 Å². The summed E-state index contributed by atoms with van der Waals surface area (Å²) >= 11 is 18.3. The minimum atomic E-state index is 0.278. The number of nitrogens with one attached hydrogen (secondary N) is 1. The first-order valence-electron chi connectivity index (χ1n) is 9.86. The van der Waals surface area contributed by atoms with Gasteiger partial charge in [0.15, 0.2) is 23.9 Å². The Bertz CT molecular complexity index is 803. The molecule has 0 aromatic heterocycles. The monoisotopic (exact) mass is 470 g/mol. The standard InChI is InChI=1S/C19H17Cl2NOS2.2C2H6/c1-11(8-19(24)25-14-5-3-13(20)4-6-14)7-18-22-16-9-12(2)15(21)10-17(16)23-18;2*1-2/h3-7,9-11,22H,8H2,1-2H3;2*1-2H3/p+1. The van der Waals surface area contributed by atoms with E-state index in [9.17, 15) is 0 Å². The number of fused-ring (bicyclic) bond motifs is 1. The quantitative estimate of drug-likeness (QED) is 0.210. The largest absolute Gasteiger partial charge is 0.439 e. The first kappa shape index (κ1) is 25.8. The van der Waals surface area contributed by atoms with E-state index in [1.165, 1.54) is 0 Å². The number of aryl methyl sites for hydroxylation is 1. The fourth-order valence-electron chi connectivity index (χ4n) is 2.47. The van der Waals surface area contributed by atoms with Crippen molar-refractivity contribution in [3.63, 3.8) is 0 Å². The van der Waals surface area contributed by atoms with E-state index in [0.29, 0.717) is 5.02 Å². The molecule has 0 radical (unpaired) electrons. The Kier molecular flexibility index (Phi) is 11.7. The predicted molar refractivity (Wildman–Crippen MR) is 136 cm³/mol. The highest BCUT2D eigenvalue weighted by Gasteiger charge is 2.20. The van der Waals surface area contributed by atoms with E-state index in [4.69, 9.17) is 27.9 Å². The van der Waals surface area contributed by atoms with E-state index in [0.717, 1.165) is 43.4 Å². The van der Waals surface area contributed by atoms with Crippen LogP contribution in [-0.2, 0) is 12.2 Å². The first-order valence-corrected chi connectivity index (χ1v) is 11.9. The third kappa shape index (κ3) is 8.21. The topological polar surface area (TPSA) is 21.3 Å². The van der Waals surface area contributed by atoms with Gasteiger partial charge in [-0.05, 0) is 66.6 Å². The van der Waals surface area contributed by atoms with Crippen molar-refractivity contribution in [2.45, 2.75) is 52.9 Å². The second-order valence-electron chi connectivity index (χ2n) is 5.99. The number of hydrogen-bond donors (Lipinski definition) is 1. The number of anilines is 1. The van der Waals surface area contributed by atoms with Crippen molar-refractivity contribution in [3.8, 4) is 5.75 Å². The molecule has 3 rings (SSSR count). The molecule has 1 aliphatic heterocycles. The first-order chi connectivity index (χ1) is 13.9. The average Bonchev–Trinajstić information content (AvgIpc) is 3.07.